The number of benzene rings is 3. The molecule has 0 saturated carbocycles. The summed E-state index contributed by atoms with van der Waals surface area (Å²) in [6, 6.07) is 22.1. The summed E-state index contributed by atoms with van der Waals surface area (Å²) in [5, 5.41) is 5.64. The second-order valence-corrected chi connectivity index (χ2v) is 9.51. The van der Waals surface area contributed by atoms with Gasteiger partial charge in [-0.25, -0.2) is 0 Å². The van der Waals surface area contributed by atoms with Gasteiger partial charge in [0, 0.05) is 10.2 Å². The van der Waals surface area contributed by atoms with Crippen LogP contribution in [0, 0.1) is 0 Å². The maximum atomic E-state index is 13.5. The lowest BCUT2D eigenvalue weighted by atomic mass is 10.1. The zero-order chi connectivity index (χ0) is 20.7. The molecule has 3 aromatic carbocycles. The summed E-state index contributed by atoms with van der Waals surface area (Å²) in [5.74, 6) is -0.616. The number of nitrogens with one attached hydrogen (secondary N) is 1. The number of anilines is 1. The average Bonchev–Trinajstić information content (AvgIpc) is 2.72. The van der Waals surface area contributed by atoms with E-state index >= 15 is 0 Å². The van der Waals surface area contributed by atoms with Gasteiger partial charge in [-0.3, -0.25) is 4.57 Å². The van der Waals surface area contributed by atoms with E-state index in [4.69, 9.17) is 9.05 Å². The summed E-state index contributed by atoms with van der Waals surface area (Å²) < 4.78 is 25.6. The first kappa shape index (κ1) is 21.8. The van der Waals surface area contributed by atoms with Crippen molar-refractivity contribution in [1.29, 1.82) is 0 Å². The van der Waals surface area contributed by atoms with Gasteiger partial charge in [0.05, 0.1) is 13.2 Å². The molecule has 0 fully saturated rings. The minimum Gasteiger partial charge on any atom is -0.368 e. The Bertz CT molecular complexity index is 1010. The Hall–Kier alpha value is -1.91. The zero-order valence-corrected chi connectivity index (χ0v) is 19.0. The SMILES string of the molecule is CCOP(=O)(OCC)C(/C=C/c1ccc2ccccc2c1)Nc1ccc(Br)cc1. The molecular formula is C23H25BrNO3P. The van der Waals surface area contributed by atoms with Gasteiger partial charge in [-0.1, -0.05) is 58.4 Å². The fraction of sp³-hybridized carbons (Fsp3) is 0.217. The van der Waals surface area contributed by atoms with Crippen LogP contribution < -0.4 is 5.32 Å². The number of halogens is 1. The first-order chi connectivity index (χ1) is 14.0. The highest BCUT2D eigenvalue weighted by Crippen LogP contribution is 2.53. The molecule has 1 atom stereocenters. The first-order valence-electron chi connectivity index (χ1n) is 9.62. The Labute approximate surface area is 180 Å². The molecule has 0 radical (unpaired) electrons. The number of hydrogen-bond acceptors (Lipinski definition) is 4. The highest BCUT2D eigenvalue weighted by molar-refractivity contribution is 9.10. The molecule has 3 aromatic rings. The van der Waals surface area contributed by atoms with Gasteiger partial charge < -0.3 is 14.4 Å². The van der Waals surface area contributed by atoms with E-state index in [-0.39, 0.29) is 0 Å². The quantitative estimate of drug-likeness (QED) is 0.330. The first-order valence-corrected chi connectivity index (χ1v) is 12.0. The summed E-state index contributed by atoms with van der Waals surface area (Å²) in [6.07, 6.45) is 3.81. The molecular weight excluding hydrogens is 449 g/mol. The van der Waals surface area contributed by atoms with Gasteiger partial charge in [0.15, 0.2) is 0 Å². The van der Waals surface area contributed by atoms with Crippen LogP contribution in [0.15, 0.2) is 77.3 Å². The van der Waals surface area contributed by atoms with Crippen molar-refractivity contribution in [1.82, 2.24) is 0 Å². The molecule has 1 N–H and O–H groups in total. The number of fused-ring (bicyclic) bond motifs is 1. The van der Waals surface area contributed by atoms with Crippen molar-refractivity contribution in [2.75, 3.05) is 18.5 Å². The van der Waals surface area contributed by atoms with Gasteiger partial charge in [0.25, 0.3) is 0 Å². The molecule has 0 aliphatic carbocycles. The summed E-state index contributed by atoms with van der Waals surface area (Å²) in [4.78, 5) is 0. The van der Waals surface area contributed by atoms with E-state index in [1.807, 2.05) is 68.5 Å². The average molecular weight is 474 g/mol. The topological polar surface area (TPSA) is 47.6 Å². The third-order valence-corrected chi connectivity index (χ3v) is 7.11. The molecule has 4 nitrogen and oxygen atoms in total. The number of rotatable bonds is 9. The van der Waals surface area contributed by atoms with E-state index < -0.39 is 13.4 Å². The largest absolute Gasteiger partial charge is 0.368 e. The van der Waals surface area contributed by atoms with E-state index in [0.29, 0.717) is 13.2 Å². The van der Waals surface area contributed by atoms with Crippen molar-refractivity contribution >= 4 is 46.1 Å². The lowest BCUT2D eigenvalue weighted by Gasteiger charge is -2.25. The van der Waals surface area contributed by atoms with Gasteiger partial charge in [-0.2, -0.15) is 0 Å². The standard InChI is InChI=1S/C23H25BrNO3P/c1-3-27-29(26,28-4-2)23(25-22-14-12-21(24)13-15-22)16-10-18-9-11-19-7-5-6-8-20(19)17-18/h5-17,23,25H,3-4H2,1-2H3/b16-10+. The monoisotopic (exact) mass is 473 g/mol. The van der Waals surface area contributed by atoms with Crippen LogP contribution in [0.3, 0.4) is 0 Å². The highest BCUT2D eigenvalue weighted by Gasteiger charge is 2.33. The molecule has 0 saturated heterocycles. The predicted octanol–water partition coefficient (Wildman–Crippen LogP) is 7.32. The fourth-order valence-corrected chi connectivity index (χ4v) is 5.00. The van der Waals surface area contributed by atoms with Gasteiger partial charge >= 0.3 is 7.60 Å². The molecule has 0 amide bonds. The minimum absolute atomic E-state index is 0.305. The zero-order valence-electron chi connectivity index (χ0n) is 16.5. The van der Waals surface area contributed by atoms with Crippen LogP contribution in [-0.4, -0.2) is 19.0 Å². The molecule has 0 aliphatic rings. The molecule has 29 heavy (non-hydrogen) atoms. The summed E-state index contributed by atoms with van der Waals surface area (Å²) in [5.41, 5.74) is 1.85. The summed E-state index contributed by atoms with van der Waals surface area (Å²) in [7, 11) is -3.40. The molecule has 0 bridgehead atoms. The van der Waals surface area contributed by atoms with Gasteiger partial charge in [-0.05, 0) is 66.6 Å². The molecule has 0 heterocycles. The lowest BCUT2D eigenvalue weighted by Crippen LogP contribution is -2.20. The van der Waals surface area contributed by atoms with Crippen molar-refractivity contribution in [2.24, 2.45) is 0 Å². The van der Waals surface area contributed by atoms with Gasteiger partial charge in [0.1, 0.15) is 5.78 Å². The fourth-order valence-electron chi connectivity index (χ4n) is 3.02. The summed E-state index contributed by atoms with van der Waals surface area (Å²) in [6.45, 7) is 4.24. The Morgan fingerprint density at radius 2 is 1.62 bits per heavy atom. The van der Waals surface area contributed by atoms with Crippen molar-refractivity contribution in [3.05, 3.63) is 82.8 Å². The molecule has 1 unspecified atom stereocenters. The maximum Gasteiger partial charge on any atom is 0.356 e. The van der Waals surface area contributed by atoms with Crippen molar-refractivity contribution in [2.45, 2.75) is 19.6 Å². The predicted molar refractivity (Wildman–Crippen MR) is 125 cm³/mol. The van der Waals surface area contributed by atoms with E-state index in [0.717, 1.165) is 21.1 Å². The van der Waals surface area contributed by atoms with E-state index in [2.05, 4.69) is 45.5 Å². The summed E-state index contributed by atoms with van der Waals surface area (Å²) >= 11 is 3.44. The lowest BCUT2D eigenvalue weighted by molar-refractivity contribution is 0.217. The molecule has 6 heteroatoms. The van der Waals surface area contributed by atoms with Crippen molar-refractivity contribution in [3.8, 4) is 0 Å². The second kappa shape index (κ2) is 10.2. The van der Waals surface area contributed by atoms with Crippen LogP contribution in [0.1, 0.15) is 19.4 Å². The number of hydrogen-bond donors (Lipinski definition) is 1. The van der Waals surface area contributed by atoms with Crippen molar-refractivity contribution < 1.29 is 13.6 Å². The van der Waals surface area contributed by atoms with E-state index in [9.17, 15) is 4.57 Å². The minimum atomic E-state index is -3.40. The van der Waals surface area contributed by atoms with Gasteiger partial charge in [0.2, 0.25) is 0 Å². The van der Waals surface area contributed by atoms with Crippen LogP contribution in [0.4, 0.5) is 5.69 Å². The maximum absolute atomic E-state index is 13.5. The highest BCUT2D eigenvalue weighted by atomic mass is 79.9. The Morgan fingerprint density at radius 1 is 0.966 bits per heavy atom. The Balaban J connectivity index is 1.92. The van der Waals surface area contributed by atoms with Crippen LogP contribution in [0.2, 0.25) is 0 Å². The van der Waals surface area contributed by atoms with E-state index in [1.54, 1.807) is 0 Å². The third kappa shape index (κ3) is 5.80. The normalized spacial score (nSPS) is 13.1. The molecule has 0 spiro atoms. The Kier molecular flexibility index (Phi) is 7.68. The van der Waals surface area contributed by atoms with E-state index in [1.165, 1.54) is 5.39 Å². The second-order valence-electron chi connectivity index (χ2n) is 6.44. The van der Waals surface area contributed by atoms with Crippen LogP contribution in [0.5, 0.6) is 0 Å². The van der Waals surface area contributed by atoms with Crippen LogP contribution in [-0.2, 0) is 13.6 Å². The third-order valence-electron chi connectivity index (χ3n) is 4.36. The molecule has 152 valence electrons. The van der Waals surface area contributed by atoms with Crippen LogP contribution >= 0.6 is 23.5 Å². The smallest absolute Gasteiger partial charge is 0.356 e. The molecule has 0 aliphatic heterocycles. The van der Waals surface area contributed by atoms with Gasteiger partial charge in [-0.15, -0.1) is 0 Å². The molecule has 0 aromatic heterocycles. The Morgan fingerprint density at radius 3 is 2.28 bits per heavy atom. The van der Waals surface area contributed by atoms with Crippen LogP contribution in [0.25, 0.3) is 16.8 Å². The van der Waals surface area contributed by atoms with Crippen molar-refractivity contribution in [3.63, 3.8) is 0 Å². The molecule has 3 rings (SSSR count).